The molecule has 0 aromatic rings. The molecule has 0 aromatic carbocycles. The second-order valence-corrected chi connectivity index (χ2v) is 6.50. The van der Waals surface area contributed by atoms with E-state index in [1.165, 1.54) is 0 Å². The number of likely N-dealkylation sites (tertiary alicyclic amines) is 1. The third-order valence-corrected chi connectivity index (χ3v) is 4.95. The summed E-state index contributed by atoms with van der Waals surface area (Å²) >= 11 is 0. The first-order valence-corrected chi connectivity index (χ1v) is 8.42. The summed E-state index contributed by atoms with van der Waals surface area (Å²) in [4.78, 5) is 16.7. The summed E-state index contributed by atoms with van der Waals surface area (Å²) in [5.41, 5.74) is 0. The van der Waals surface area contributed by atoms with Crippen LogP contribution in [-0.4, -0.2) is 74.2 Å². The molecule has 2 heterocycles. The molecule has 122 valence electrons. The van der Waals surface area contributed by atoms with Gasteiger partial charge >= 0.3 is 0 Å². The molecule has 0 unspecified atom stereocenters. The van der Waals surface area contributed by atoms with Crippen LogP contribution >= 0.6 is 0 Å². The van der Waals surface area contributed by atoms with Gasteiger partial charge in [0.05, 0.1) is 12.6 Å². The fraction of sp³-hybridized carbons (Fsp3) is 0.938. The Morgan fingerprint density at radius 3 is 2.86 bits per heavy atom. The van der Waals surface area contributed by atoms with Gasteiger partial charge in [0, 0.05) is 39.3 Å². The monoisotopic (exact) mass is 297 g/mol. The number of likely N-dealkylation sites (N-methyl/N-ethyl adjacent to an activating group) is 1. The van der Waals surface area contributed by atoms with Crippen molar-refractivity contribution in [2.45, 2.75) is 45.3 Å². The Labute approximate surface area is 129 Å². The second kappa shape index (κ2) is 8.11. The number of amides is 1. The molecule has 2 aliphatic heterocycles. The average Bonchev–Trinajstić information content (AvgIpc) is 2.99. The first kappa shape index (κ1) is 16.7. The molecule has 2 saturated heterocycles. The fourth-order valence-corrected chi connectivity index (χ4v) is 3.54. The number of piperidine rings is 1. The zero-order chi connectivity index (χ0) is 15.2. The zero-order valence-electron chi connectivity index (χ0n) is 13.8. The minimum absolute atomic E-state index is 0.204. The molecule has 5 heteroatoms. The summed E-state index contributed by atoms with van der Waals surface area (Å²) in [7, 11) is 1.96. The van der Waals surface area contributed by atoms with Gasteiger partial charge in [-0.2, -0.15) is 0 Å². The molecule has 21 heavy (non-hydrogen) atoms. The highest BCUT2D eigenvalue weighted by Crippen LogP contribution is 2.21. The molecule has 2 aliphatic rings. The highest BCUT2D eigenvalue weighted by atomic mass is 16.5. The molecule has 2 rings (SSSR count). The lowest BCUT2D eigenvalue weighted by Crippen LogP contribution is -2.52. The average molecular weight is 297 g/mol. The molecule has 0 radical (unpaired) electrons. The standard InChI is InChI=1S/C16H31N3O2/c1-4-19-8-7-15(13(2)12-19)18(3)16(20)11-17-10-14-6-5-9-21-14/h13-15,17H,4-12H2,1-3H3/t13-,14+,15+/m1/s1. The van der Waals surface area contributed by atoms with Gasteiger partial charge in [0.15, 0.2) is 0 Å². The van der Waals surface area contributed by atoms with Crippen molar-refractivity contribution in [3.05, 3.63) is 0 Å². The van der Waals surface area contributed by atoms with E-state index in [-0.39, 0.29) is 5.91 Å². The Kier molecular flexibility index (Phi) is 6.45. The predicted molar refractivity (Wildman–Crippen MR) is 84.3 cm³/mol. The van der Waals surface area contributed by atoms with Crippen molar-refractivity contribution in [3.63, 3.8) is 0 Å². The van der Waals surface area contributed by atoms with Gasteiger partial charge in [-0.3, -0.25) is 4.79 Å². The number of hydrogen-bond donors (Lipinski definition) is 1. The van der Waals surface area contributed by atoms with Crippen molar-refractivity contribution >= 4 is 5.91 Å². The molecular weight excluding hydrogens is 266 g/mol. The summed E-state index contributed by atoms with van der Waals surface area (Å²) in [5.74, 6) is 0.751. The molecule has 3 atom stereocenters. The van der Waals surface area contributed by atoms with Crippen LogP contribution in [0.3, 0.4) is 0 Å². The summed E-state index contributed by atoms with van der Waals surface area (Å²) in [6.45, 7) is 9.87. The van der Waals surface area contributed by atoms with Crippen LogP contribution in [0.5, 0.6) is 0 Å². The molecule has 1 N–H and O–H groups in total. The van der Waals surface area contributed by atoms with Crippen LogP contribution in [0.25, 0.3) is 0 Å². The van der Waals surface area contributed by atoms with E-state index in [4.69, 9.17) is 4.74 Å². The van der Waals surface area contributed by atoms with E-state index in [9.17, 15) is 4.79 Å². The maximum atomic E-state index is 12.3. The van der Waals surface area contributed by atoms with Crippen LogP contribution in [0, 0.1) is 5.92 Å². The minimum atomic E-state index is 0.204. The minimum Gasteiger partial charge on any atom is -0.377 e. The van der Waals surface area contributed by atoms with E-state index < -0.39 is 0 Å². The fourth-order valence-electron chi connectivity index (χ4n) is 3.54. The SMILES string of the molecule is CCN1CC[C@H](N(C)C(=O)CNC[C@@H]2CCCO2)[C@H](C)C1. The number of ether oxygens (including phenoxy) is 1. The van der Waals surface area contributed by atoms with E-state index in [2.05, 4.69) is 24.1 Å². The van der Waals surface area contributed by atoms with Crippen LogP contribution in [0.15, 0.2) is 0 Å². The van der Waals surface area contributed by atoms with Gasteiger partial charge in [0.2, 0.25) is 5.91 Å². The highest BCUT2D eigenvalue weighted by molar-refractivity contribution is 5.78. The number of carbonyl (C=O) groups excluding carboxylic acids is 1. The summed E-state index contributed by atoms with van der Waals surface area (Å²) in [5, 5.41) is 3.26. The highest BCUT2D eigenvalue weighted by Gasteiger charge is 2.30. The molecule has 2 fully saturated rings. The third kappa shape index (κ3) is 4.66. The largest absolute Gasteiger partial charge is 0.377 e. The van der Waals surface area contributed by atoms with Crippen molar-refractivity contribution in [2.75, 3.05) is 46.4 Å². The van der Waals surface area contributed by atoms with Gasteiger partial charge in [0.1, 0.15) is 0 Å². The molecule has 0 spiro atoms. The summed E-state index contributed by atoms with van der Waals surface area (Å²) in [6, 6.07) is 0.379. The van der Waals surface area contributed by atoms with Crippen molar-refractivity contribution in [2.24, 2.45) is 5.92 Å². The zero-order valence-corrected chi connectivity index (χ0v) is 13.8. The Hall–Kier alpha value is -0.650. The van der Waals surface area contributed by atoms with E-state index in [0.29, 0.717) is 24.6 Å². The summed E-state index contributed by atoms with van der Waals surface area (Å²) in [6.07, 6.45) is 3.65. The molecule has 1 amide bonds. The van der Waals surface area contributed by atoms with Gasteiger partial charge in [-0.05, 0) is 31.7 Å². The van der Waals surface area contributed by atoms with Crippen LogP contribution in [-0.2, 0) is 9.53 Å². The molecular formula is C16H31N3O2. The number of nitrogens with one attached hydrogen (secondary N) is 1. The molecule has 0 aromatic heterocycles. The Morgan fingerprint density at radius 2 is 2.24 bits per heavy atom. The molecule has 0 saturated carbocycles. The van der Waals surface area contributed by atoms with Crippen molar-refractivity contribution < 1.29 is 9.53 Å². The lowest BCUT2D eigenvalue weighted by Gasteiger charge is -2.41. The summed E-state index contributed by atoms with van der Waals surface area (Å²) < 4.78 is 5.56. The van der Waals surface area contributed by atoms with Crippen molar-refractivity contribution in [1.82, 2.24) is 15.1 Å². The van der Waals surface area contributed by atoms with Crippen molar-refractivity contribution in [3.8, 4) is 0 Å². The Balaban J connectivity index is 1.71. The van der Waals surface area contributed by atoms with Gasteiger partial charge < -0.3 is 19.9 Å². The number of hydrogen-bond acceptors (Lipinski definition) is 4. The molecule has 0 aliphatic carbocycles. The van der Waals surface area contributed by atoms with Crippen LogP contribution < -0.4 is 5.32 Å². The van der Waals surface area contributed by atoms with E-state index in [1.54, 1.807) is 0 Å². The second-order valence-electron chi connectivity index (χ2n) is 6.50. The topological polar surface area (TPSA) is 44.8 Å². The van der Waals surface area contributed by atoms with Crippen LogP contribution in [0.1, 0.15) is 33.1 Å². The Morgan fingerprint density at radius 1 is 1.43 bits per heavy atom. The third-order valence-electron chi connectivity index (χ3n) is 4.95. The van der Waals surface area contributed by atoms with Gasteiger partial charge in [-0.15, -0.1) is 0 Å². The van der Waals surface area contributed by atoms with Crippen LogP contribution in [0.2, 0.25) is 0 Å². The first-order chi connectivity index (χ1) is 10.1. The van der Waals surface area contributed by atoms with E-state index >= 15 is 0 Å². The quantitative estimate of drug-likeness (QED) is 0.793. The maximum Gasteiger partial charge on any atom is 0.236 e. The van der Waals surface area contributed by atoms with Crippen LogP contribution in [0.4, 0.5) is 0 Å². The lowest BCUT2D eigenvalue weighted by atomic mass is 9.92. The number of rotatable bonds is 6. The van der Waals surface area contributed by atoms with Gasteiger partial charge in [0.25, 0.3) is 0 Å². The Bertz CT molecular complexity index is 331. The normalized spacial score (nSPS) is 30.5. The van der Waals surface area contributed by atoms with Crippen molar-refractivity contribution in [1.29, 1.82) is 0 Å². The van der Waals surface area contributed by atoms with Gasteiger partial charge in [-0.25, -0.2) is 0 Å². The molecule has 5 nitrogen and oxygen atoms in total. The number of nitrogens with zero attached hydrogens (tertiary/aromatic N) is 2. The maximum absolute atomic E-state index is 12.3. The van der Waals surface area contributed by atoms with Gasteiger partial charge in [-0.1, -0.05) is 13.8 Å². The molecule has 0 bridgehead atoms. The lowest BCUT2D eigenvalue weighted by molar-refractivity contribution is -0.133. The predicted octanol–water partition coefficient (Wildman–Crippen LogP) is 0.944. The van der Waals surface area contributed by atoms with E-state index in [1.807, 2.05) is 11.9 Å². The number of carbonyl (C=O) groups is 1. The smallest absolute Gasteiger partial charge is 0.236 e. The van der Waals surface area contributed by atoms with E-state index in [0.717, 1.165) is 52.0 Å². The first-order valence-electron chi connectivity index (χ1n) is 8.42.